The van der Waals surface area contributed by atoms with Crippen LogP contribution in [-0.2, 0) is 27.8 Å². The highest BCUT2D eigenvalue weighted by atomic mass is 32.2. The van der Waals surface area contributed by atoms with Gasteiger partial charge in [0.1, 0.15) is 10.3 Å². The van der Waals surface area contributed by atoms with Crippen LogP contribution in [0.25, 0.3) is 0 Å². The van der Waals surface area contributed by atoms with E-state index in [0.717, 1.165) is 22.5 Å². The molecular weight excluding hydrogens is 420 g/mol. The van der Waals surface area contributed by atoms with Gasteiger partial charge in [0.05, 0.1) is 0 Å². The van der Waals surface area contributed by atoms with Crippen molar-refractivity contribution in [2.45, 2.75) is 30.1 Å². The molecule has 2 heterocycles. The SMILES string of the molecule is CC(=O)c1cccc(NC(=O)C2Cc3ccccc3CN2S(=O)(=O)c2cccs2)c1. The summed E-state index contributed by atoms with van der Waals surface area (Å²) >= 11 is 1.13. The molecule has 1 amide bonds. The van der Waals surface area contributed by atoms with Crippen molar-refractivity contribution in [2.75, 3.05) is 5.32 Å². The first-order valence-corrected chi connectivity index (χ1v) is 11.7. The van der Waals surface area contributed by atoms with Gasteiger partial charge in [-0.2, -0.15) is 4.31 Å². The maximum absolute atomic E-state index is 13.3. The standard InChI is InChI=1S/C22H20N2O4S2/c1-15(25)16-8-4-9-19(12-16)23-22(26)20-13-17-6-2-3-7-18(17)14-24(20)30(27,28)21-10-5-11-29-21/h2-12,20H,13-14H2,1H3,(H,23,26). The average molecular weight is 441 g/mol. The molecule has 4 rings (SSSR count). The third-order valence-electron chi connectivity index (χ3n) is 5.10. The van der Waals surface area contributed by atoms with Crippen molar-refractivity contribution in [3.8, 4) is 0 Å². The third-order valence-corrected chi connectivity index (χ3v) is 8.33. The Morgan fingerprint density at radius 3 is 2.50 bits per heavy atom. The highest BCUT2D eigenvalue weighted by Crippen LogP contribution is 2.31. The lowest BCUT2D eigenvalue weighted by atomic mass is 9.95. The van der Waals surface area contributed by atoms with Crippen LogP contribution in [0.4, 0.5) is 5.69 Å². The summed E-state index contributed by atoms with van der Waals surface area (Å²) in [4.78, 5) is 24.8. The monoisotopic (exact) mass is 440 g/mol. The fourth-order valence-corrected chi connectivity index (χ4v) is 6.23. The van der Waals surface area contributed by atoms with Crippen molar-refractivity contribution in [1.29, 1.82) is 0 Å². The third kappa shape index (κ3) is 3.94. The van der Waals surface area contributed by atoms with Crippen LogP contribution in [0.1, 0.15) is 28.4 Å². The first kappa shape index (κ1) is 20.5. The Kier molecular flexibility index (Phi) is 5.55. The molecule has 0 fully saturated rings. The van der Waals surface area contributed by atoms with Crippen LogP contribution in [0, 0.1) is 0 Å². The summed E-state index contributed by atoms with van der Waals surface area (Å²) in [5.41, 5.74) is 2.78. The minimum atomic E-state index is -3.83. The molecule has 0 radical (unpaired) electrons. The van der Waals surface area contributed by atoms with E-state index >= 15 is 0 Å². The number of sulfonamides is 1. The Morgan fingerprint density at radius 1 is 1.03 bits per heavy atom. The summed E-state index contributed by atoms with van der Waals surface area (Å²) in [5.74, 6) is -0.537. The molecule has 30 heavy (non-hydrogen) atoms. The number of hydrogen-bond donors (Lipinski definition) is 1. The quantitative estimate of drug-likeness (QED) is 0.613. The molecular formula is C22H20N2O4S2. The van der Waals surface area contributed by atoms with E-state index in [1.165, 1.54) is 11.2 Å². The Hall–Kier alpha value is -2.81. The Labute approximate surface area is 179 Å². The average Bonchev–Trinajstić information content (AvgIpc) is 3.29. The van der Waals surface area contributed by atoms with Gasteiger partial charge in [-0.05, 0) is 48.1 Å². The van der Waals surface area contributed by atoms with Crippen LogP contribution in [0.15, 0.2) is 70.3 Å². The number of hydrogen-bond acceptors (Lipinski definition) is 5. The normalized spacial score (nSPS) is 16.6. The highest BCUT2D eigenvalue weighted by molar-refractivity contribution is 7.91. The fourth-order valence-electron chi connectivity index (χ4n) is 3.54. The van der Waals surface area contributed by atoms with Crippen molar-refractivity contribution < 1.29 is 18.0 Å². The number of benzene rings is 2. The van der Waals surface area contributed by atoms with Gasteiger partial charge in [-0.1, -0.05) is 42.5 Å². The van der Waals surface area contributed by atoms with E-state index in [2.05, 4.69) is 5.32 Å². The molecule has 0 spiro atoms. The van der Waals surface area contributed by atoms with E-state index in [0.29, 0.717) is 11.3 Å². The molecule has 1 atom stereocenters. The van der Waals surface area contributed by atoms with E-state index in [-0.39, 0.29) is 23.0 Å². The van der Waals surface area contributed by atoms with Crippen molar-refractivity contribution in [3.05, 3.63) is 82.7 Å². The summed E-state index contributed by atoms with van der Waals surface area (Å²) in [5, 5.41) is 4.49. The van der Waals surface area contributed by atoms with Gasteiger partial charge in [0.2, 0.25) is 5.91 Å². The largest absolute Gasteiger partial charge is 0.325 e. The van der Waals surface area contributed by atoms with Gasteiger partial charge < -0.3 is 5.32 Å². The Morgan fingerprint density at radius 2 is 1.80 bits per heavy atom. The molecule has 1 aliphatic rings. The van der Waals surface area contributed by atoms with Crippen LogP contribution in [0.2, 0.25) is 0 Å². The van der Waals surface area contributed by atoms with Crippen LogP contribution in [-0.4, -0.2) is 30.5 Å². The second-order valence-electron chi connectivity index (χ2n) is 7.10. The number of Topliss-reactive ketones (excluding diaryl/α,β-unsaturated/α-hetero) is 1. The van der Waals surface area contributed by atoms with E-state index in [1.54, 1.807) is 41.8 Å². The van der Waals surface area contributed by atoms with Gasteiger partial charge in [-0.15, -0.1) is 11.3 Å². The van der Waals surface area contributed by atoms with E-state index in [4.69, 9.17) is 0 Å². The summed E-state index contributed by atoms with van der Waals surface area (Å²) in [6, 6.07) is 16.5. The first-order chi connectivity index (χ1) is 14.4. The number of rotatable bonds is 5. The number of fused-ring (bicyclic) bond motifs is 1. The van der Waals surface area contributed by atoms with Crippen LogP contribution in [0.3, 0.4) is 0 Å². The molecule has 154 valence electrons. The van der Waals surface area contributed by atoms with Gasteiger partial charge in [-0.25, -0.2) is 8.42 Å². The number of ketones is 1. The van der Waals surface area contributed by atoms with Crippen molar-refractivity contribution >= 4 is 38.7 Å². The van der Waals surface area contributed by atoms with Crippen molar-refractivity contribution in [1.82, 2.24) is 4.31 Å². The summed E-state index contributed by atoms with van der Waals surface area (Å²) in [6.07, 6.45) is 0.277. The van der Waals surface area contributed by atoms with Gasteiger partial charge in [0.15, 0.2) is 5.78 Å². The highest BCUT2D eigenvalue weighted by Gasteiger charge is 2.40. The van der Waals surface area contributed by atoms with Crippen molar-refractivity contribution in [3.63, 3.8) is 0 Å². The lowest BCUT2D eigenvalue weighted by Crippen LogP contribution is -2.50. The first-order valence-electron chi connectivity index (χ1n) is 9.40. The maximum atomic E-state index is 13.3. The predicted octanol–water partition coefficient (Wildman–Crippen LogP) is 3.71. The number of amides is 1. The predicted molar refractivity (Wildman–Crippen MR) is 116 cm³/mol. The second-order valence-corrected chi connectivity index (χ2v) is 10.2. The van der Waals surface area contributed by atoms with Crippen LogP contribution >= 0.6 is 11.3 Å². The number of nitrogens with zero attached hydrogens (tertiary/aromatic N) is 1. The second kappa shape index (κ2) is 8.14. The van der Waals surface area contributed by atoms with E-state index in [9.17, 15) is 18.0 Å². The fraction of sp³-hybridized carbons (Fsp3) is 0.182. The van der Waals surface area contributed by atoms with Crippen LogP contribution in [0.5, 0.6) is 0 Å². The van der Waals surface area contributed by atoms with E-state index < -0.39 is 22.0 Å². The molecule has 2 aromatic carbocycles. The summed E-state index contributed by atoms with van der Waals surface area (Å²) in [7, 11) is -3.83. The van der Waals surface area contributed by atoms with E-state index in [1.807, 2.05) is 24.3 Å². The number of nitrogens with one attached hydrogen (secondary N) is 1. The van der Waals surface area contributed by atoms with Gasteiger partial charge in [0.25, 0.3) is 10.0 Å². The van der Waals surface area contributed by atoms with Crippen molar-refractivity contribution in [2.24, 2.45) is 0 Å². The lowest BCUT2D eigenvalue weighted by molar-refractivity contribution is -0.120. The molecule has 1 aromatic heterocycles. The number of anilines is 1. The Balaban J connectivity index is 1.69. The van der Waals surface area contributed by atoms with Gasteiger partial charge >= 0.3 is 0 Å². The number of thiophene rings is 1. The summed E-state index contributed by atoms with van der Waals surface area (Å²) < 4.78 is 28.0. The topological polar surface area (TPSA) is 83.6 Å². The minimum Gasteiger partial charge on any atom is -0.325 e. The molecule has 1 N–H and O–H groups in total. The lowest BCUT2D eigenvalue weighted by Gasteiger charge is -2.34. The molecule has 0 bridgehead atoms. The molecule has 0 saturated heterocycles. The number of carbonyl (C=O) groups excluding carboxylic acids is 2. The molecule has 0 saturated carbocycles. The van der Waals surface area contributed by atoms with Crippen LogP contribution < -0.4 is 5.32 Å². The molecule has 0 aliphatic carbocycles. The number of carbonyl (C=O) groups is 2. The Bertz CT molecular complexity index is 1200. The molecule has 1 unspecified atom stereocenters. The summed E-state index contributed by atoms with van der Waals surface area (Å²) in [6.45, 7) is 1.58. The zero-order valence-corrected chi connectivity index (χ0v) is 17.9. The maximum Gasteiger partial charge on any atom is 0.253 e. The molecule has 3 aromatic rings. The smallest absolute Gasteiger partial charge is 0.253 e. The molecule has 1 aliphatic heterocycles. The van der Waals surface area contributed by atoms with Gasteiger partial charge in [-0.3, -0.25) is 9.59 Å². The minimum absolute atomic E-state index is 0.111. The van der Waals surface area contributed by atoms with Gasteiger partial charge in [0, 0.05) is 17.8 Å². The zero-order chi connectivity index (χ0) is 21.3. The zero-order valence-electron chi connectivity index (χ0n) is 16.2. The molecule has 6 nitrogen and oxygen atoms in total. The molecule has 8 heteroatoms.